The van der Waals surface area contributed by atoms with Crippen molar-refractivity contribution in [2.75, 3.05) is 13.7 Å². The molecule has 0 aliphatic carbocycles. The summed E-state index contributed by atoms with van der Waals surface area (Å²) in [6, 6.07) is 1.93. The van der Waals surface area contributed by atoms with Gasteiger partial charge < -0.3 is 9.84 Å². The van der Waals surface area contributed by atoms with Gasteiger partial charge in [-0.1, -0.05) is 31.5 Å². The van der Waals surface area contributed by atoms with Crippen LogP contribution in [0, 0.1) is 5.92 Å². The molecule has 0 aromatic carbocycles. The van der Waals surface area contributed by atoms with Crippen LogP contribution in [0.1, 0.15) is 25.1 Å². The topological polar surface area (TPSA) is 42.4 Å². The molecular formula is C12H15ClF3NO2. The molecule has 7 heteroatoms. The normalized spacial score (nSPS) is 15.6. The first-order valence-corrected chi connectivity index (χ1v) is 5.96. The van der Waals surface area contributed by atoms with Crippen LogP contribution in [0.3, 0.4) is 0 Å². The lowest BCUT2D eigenvalue weighted by atomic mass is 9.85. The smallest absolute Gasteiger partial charge is 0.382 e. The number of alkyl halides is 3. The fraction of sp³-hybridized carbons (Fsp3) is 0.583. The highest BCUT2D eigenvalue weighted by Crippen LogP contribution is 2.36. The summed E-state index contributed by atoms with van der Waals surface area (Å²) in [5.74, 6) is -0.302. The van der Waals surface area contributed by atoms with Crippen molar-refractivity contribution in [1.29, 1.82) is 0 Å². The maximum Gasteiger partial charge on any atom is 0.433 e. The van der Waals surface area contributed by atoms with Gasteiger partial charge in [0.05, 0.1) is 6.61 Å². The second-order valence-corrected chi connectivity index (χ2v) is 4.90. The van der Waals surface area contributed by atoms with Crippen LogP contribution in [0.15, 0.2) is 12.1 Å². The summed E-state index contributed by atoms with van der Waals surface area (Å²) in [5, 5.41) is 10.1. The predicted octanol–water partition coefficient (Wildman–Crippen LogP) is 3.24. The summed E-state index contributed by atoms with van der Waals surface area (Å²) in [4.78, 5) is 3.30. The van der Waals surface area contributed by atoms with Crippen molar-refractivity contribution >= 4 is 11.6 Å². The highest BCUT2D eigenvalue weighted by molar-refractivity contribution is 6.30. The van der Waals surface area contributed by atoms with E-state index in [0.29, 0.717) is 0 Å². The summed E-state index contributed by atoms with van der Waals surface area (Å²) < 4.78 is 42.4. The zero-order chi connectivity index (χ0) is 14.8. The third kappa shape index (κ3) is 3.38. The predicted molar refractivity (Wildman–Crippen MR) is 64.9 cm³/mol. The number of nitrogens with zero attached hydrogens (tertiary/aromatic N) is 1. The van der Waals surface area contributed by atoms with E-state index in [0.717, 1.165) is 12.1 Å². The van der Waals surface area contributed by atoms with Crippen LogP contribution in [0.2, 0.25) is 5.15 Å². The van der Waals surface area contributed by atoms with Gasteiger partial charge in [0.2, 0.25) is 0 Å². The lowest BCUT2D eigenvalue weighted by Gasteiger charge is -2.32. The molecule has 1 atom stereocenters. The number of pyridine rings is 1. The van der Waals surface area contributed by atoms with Crippen LogP contribution in [0.5, 0.6) is 0 Å². The van der Waals surface area contributed by atoms with Gasteiger partial charge in [0, 0.05) is 12.7 Å². The molecule has 0 saturated heterocycles. The van der Waals surface area contributed by atoms with E-state index < -0.39 is 17.5 Å². The molecule has 0 spiro atoms. The Balaban J connectivity index is 3.28. The Morgan fingerprint density at radius 1 is 1.37 bits per heavy atom. The van der Waals surface area contributed by atoms with Crippen LogP contribution in [0.25, 0.3) is 0 Å². The summed E-state index contributed by atoms with van der Waals surface area (Å²) in [6.07, 6.45) is -4.57. The lowest BCUT2D eigenvalue weighted by Crippen LogP contribution is -2.37. The van der Waals surface area contributed by atoms with E-state index in [2.05, 4.69) is 4.98 Å². The molecule has 0 aliphatic rings. The van der Waals surface area contributed by atoms with Gasteiger partial charge in [0.1, 0.15) is 16.4 Å². The van der Waals surface area contributed by atoms with Crippen LogP contribution in [-0.4, -0.2) is 23.8 Å². The number of aliphatic hydroxyl groups is 1. The molecule has 1 heterocycles. The van der Waals surface area contributed by atoms with Crippen molar-refractivity contribution in [2.45, 2.75) is 25.6 Å². The van der Waals surface area contributed by atoms with Crippen molar-refractivity contribution in [3.05, 3.63) is 28.5 Å². The van der Waals surface area contributed by atoms with Crippen LogP contribution in [0.4, 0.5) is 13.2 Å². The average molecular weight is 298 g/mol. The molecule has 108 valence electrons. The molecule has 1 aromatic heterocycles. The fourth-order valence-corrected chi connectivity index (χ4v) is 2.01. The van der Waals surface area contributed by atoms with Gasteiger partial charge in [-0.25, -0.2) is 4.98 Å². The van der Waals surface area contributed by atoms with Gasteiger partial charge in [-0.2, -0.15) is 13.2 Å². The molecule has 1 rings (SSSR count). The van der Waals surface area contributed by atoms with Gasteiger partial charge in [0.15, 0.2) is 0 Å². The molecule has 1 aromatic rings. The van der Waals surface area contributed by atoms with E-state index in [1.807, 2.05) is 0 Å². The number of methoxy groups -OCH3 is 1. The van der Waals surface area contributed by atoms with Gasteiger partial charge in [-0.3, -0.25) is 0 Å². The number of ether oxygens (including phenoxy) is 1. The Morgan fingerprint density at radius 2 is 1.95 bits per heavy atom. The molecule has 3 nitrogen and oxygen atoms in total. The van der Waals surface area contributed by atoms with Gasteiger partial charge in [0.25, 0.3) is 0 Å². The Bertz CT molecular complexity index is 451. The molecule has 0 bridgehead atoms. The standard InChI is InChI=1S/C12H15ClF3NO2/c1-7(2)11(18,6-19-3)8-4-5-9(12(14,15)16)17-10(8)13/h4-5,7,18H,6H2,1-3H3. The maximum absolute atomic E-state index is 12.5. The quantitative estimate of drug-likeness (QED) is 0.868. The van der Waals surface area contributed by atoms with Crippen molar-refractivity contribution in [2.24, 2.45) is 5.92 Å². The zero-order valence-corrected chi connectivity index (χ0v) is 11.5. The minimum absolute atomic E-state index is 0.0859. The molecule has 0 aliphatic heterocycles. The summed E-state index contributed by atoms with van der Waals surface area (Å²) in [7, 11) is 1.39. The van der Waals surface area contributed by atoms with E-state index >= 15 is 0 Å². The minimum atomic E-state index is -4.57. The van der Waals surface area contributed by atoms with Crippen LogP contribution in [-0.2, 0) is 16.5 Å². The van der Waals surface area contributed by atoms with Crippen LogP contribution < -0.4 is 0 Å². The van der Waals surface area contributed by atoms with Crippen molar-refractivity contribution < 1.29 is 23.0 Å². The third-order valence-corrected chi connectivity index (χ3v) is 3.21. The van der Waals surface area contributed by atoms with Crippen molar-refractivity contribution in [1.82, 2.24) is 4.98 Å². The second-order valence-electron chi connectivity index (χ2n) is 4.54. The number of aromatic nitrogens is 1. The lowest BCUT2D eigenvalue weighted by molar-refractivity contribution is -0.141. The van der Waals surface area contributed by atoms with E-state index in [4.69, 9.17) is 16.3 Å². The van der Waals surface area contributed by atoms with E-state index in [1.165, 1.54) is 7.11 Å². The Hall–Kier alpha value is -0.850. The van der Waals surface area contributed by atoms with Gasteiger partial charge in [-0.15, -0.1) is 0 Å². The first-order valence-electron chi connectivity index (χ1n) is 5.58. The van der Waals surface area contributed by atoms with Gasteiger partial charge >= 0.3 is 6.18 Å². The highest BCUT2D eigenvalue weighted by Gasteiger charge is 2.38. The first kappa shape index (κ1) is 16.2. The Labute approximate surface area is 114 Å². The first-order chi connectivity index (χ1) is 8.63. The Kier molecular flexibility index (Phi) is 4.81. The largest absolute Gasteiger partial charge is 0.433 e. The summed E-state index contributed by atoms with van der Waals surface area (Å²) in [5.41, 5.74) is -2.45. The molecular weight excluding hydrogens is 283 g/mol. The number of halogens is 4. The Morgan fingerprint density at radius 3 is 2.32 bits per heavy atom. The molecule has 0 saturated carbocycles. The molecule has 0 fully saturated rings. The van der Waals surface area contributed by atoms with Crippen LogP contribution >= 0.6 is 11.6 Å². The average Bonchev–Trinajstić information content (AvgIpc) is 2.27. The summed E-state index contributed by atoms with van der Waals surface area (Å²) >= 11 is 5.77. The fourth-order valence-electron chi connectivity index (χ4n) is 1.69. The monoisotopic (exact) mass is 297 g/mol. The minimum Gasteiger partial charge on any atom is -0.382 e. The molecule has 0 amide bonds. The molecule has 1 unspecified atom stereocenters. The molecule has 19 heavy (non-hydrogen) atoms. The maximum atomic E-state index is 12.5. The second kappa shape index (κ2) is 5.64. The molecule has 0 radical (unpaired) electrons. The summed E-state index contributed by atoms with van der Waals surface area (Å²) in [6.45, 7) is 3.34. The van der Waals surface area contributed by atoms with Crippen molar-refractivity contribution in [3.8, 4) is 0 Å². The van der Waals surface area contributed by atoms with Crippen molar-refractivity contribution in [3.63, 3.8) is 0 Å². The van der Waals surface area contributed by atoms with E-state index in [1.54, 1.807) is 13.8 Å². The van der Waals surface area contributed by atoms with E-state index in [9.17, 15) is 18.3 Å². The number of hydrogen-bond acceptors (Lipinski definition) is 3. The highest BCUT2D eigenvalue weighted by atomic mass is 35.5. The third-order valence-electron chi connectivity index (χ3n) is 2.93. The number of rotatable bonds is 4. The van der Waals surface area contributed by atoms with E-state index in [-0.39, 0.29) is 23.2 Å². The number of hydrogen-bond donors (Lipinski definition) is 1. The molecule has 1 N–H and O–H groups in total. The zero-order valence-electron chi connectivity index (χ0n) is 10.8. The van der Waals surface area contributed by atoms with Gasteiger partial charge in [-0.05, 0) is 12.0 Å². The SMILES string of the molecule is COCC(O)(c1ccc(C(F)(F)F)nc1Cl)C(C)C.